The van der Waals surface area contributed by atoms with E-state index < -0.39 is 0 Å². The summed E-state index contributed by atoms with van der Waals surface area (Å²) < 4.78 is 5.15. The molecule has 0 aromatic heterocycles. The summed E-state index contributed by atoms with van der Waals surface area (Å²) in [6, 6.07) is 0. The van der Waals surface area contributed by atoms with Gasteiger partial charge in [0.05, 0.1) is 12.5 Å². The maximum atomic E-state index is 5.15. The van der Waals surface area contributed by atoms with E-state index in [-0.39, 0.29) is 0 Å². The molecule has 1 aliphatic heterocycles. The van der Waals surface area contributed by atoms with Crippen LogP contribution in [0.4, 0.5) is 0 Å². The second-order valence-electron chi connectivity index (χ2n) is 3.06. The van der Waals surface area contributed by atoms with Crippen molar-refractivity contribution in [1.82, 2.24) is 0 Å². The molecule has 0 unspecified atom stereocenters. The molecule has 1 nitrogen and oxygen atoms in total. The highest BCUT2D eigenvalue weighted by molar-refractivity contribution is 7.93. The molecule has 0 amide bonds. The van der Waals surface area contributed by atoms with Gasteiger partial charge >= 0.3 is 0 Å². The van der Waals surface area contributed by atoms with Gasteiger partial charge in [-0.3, -0.25) is 0 Å². The van der Waals surface area contributed by atoms with Gasteiger partial charge in [-0.25, -0.2) is 0 Å². The molecule has 0 spiro atoms. The van der Waals surface area contributed by atoms with Crippen molar-refractivity contribution in [2.75, 3.05) is 18.6 Å². The van der Waals surface area contributed by atoms with Gasteiger partial charge in [0.1, 0.15) is 11.2 Å². The molecule has 0 radical (unpaired) electrons. The van der Waals surface area contributed by atoms with Gasteiger partial charge in [0.15, 0.2) is 11.5 Å². The van der Waals surface area contributed by atoms with Crippen molar-refractivity contribution in [3.05, 3.63) is 0 Å². The summed E-state index contributed by atoms with van der Waals surface area (Å²) in [5, 5.41) is 0. The molecule has 48 valence electrons. The standard InChI is InChI=1S/C6H13OS/c1-6(2)4-8(5-6)7-3/h4-5H2,1-3H3/q+1. The number of hydrogen-bond donors (Lipinski definition) is 0. The highest BCUT2D eigenvalue weighted by atomic mass is 32.2. The topological polar surface area (TPSA) is 9.23 Å². The molecule has 0 aromatic carbocycles. The van der Waals surface area contributed by atoms with Gasteiger partial charge in [-0.2, -0.15) is 4.18 Å². The predicted molar refractivity (Wildman–Crippen MR) is 37.9 cm³/mol. The zero-order valence-electron chi connectivity index (χ0n) is 5.73. The first-order valence-electron chi connectivity index (χ1n) is 2.86. The lowest BCUT2D eigenvalue weighted by atomic mass is 9.99. The minimum Gasteiger partial charge on any atom is -0.177 e. The molecule has 8 heavy (non-hydrogen) atoms. The molecule has 1 rings (SSSR count). The Morgan fingerprint density at radius 2 is 1.88 bits per heavy atom. The fourth-order valence-electron chi connectivity index (χ4n) is 0.947. The Morgan fingerprint density at radius 3 is 2.00 bits per heavy atom. The minimum absolute atomic E-state index is 0.327. The van der Waals surface area contributed by atoms with Gasteiger partial charge < -0.3 is 0 Å². The maximum absolute atomic E-state index is 5.15. The Morgan fingerprint density at radius 1 is 1.38 bits per heavy atom. The molecular formula is C6H13OS+. The second kappa shape index (κ2) is 1.92. The number of rotatable bonds is 1. The molecule has 0 bridgehead atoms. The summed E-state index contributed by atoms with van der Waals surface area (Å²) >= 11 is 0.327. The Labute approximate surface area is 54.0 Å². The molecule has 1 heterocycles. The highest BCUT2D eigenvalue weighted by Gasteiger charge is 2.47. The van der Waals surface area contributed by atoms with E-state index >= 15 is 0 Å². The molecule has 1 saturated heterocycles. The molecular weight excluding hydrogens is 120 g/mol. The fraction of sp³-hybridized carbons (Fsp3) is 1.00. The van der Waals surface area contributed by atoms with Gasteiger partial charge in [-0.1, -0.05) is 13.8 Å². The summed E-state index contributed by atoms with van der Waals surface area (Å²) in [6.45, 7) is 4.57. The predicted octanol–water partition coefficient (Wildman–Crippen LogP) is 1.21. The largest absolute Gasteiger partial charge is 0.177 e. The van der Waals surface area contributed by atoms with E-state index in [4.69, 9.17) is 4.18 Å². The third-order valence-corrected chi connectivity index (χ3v) is 4.02. The summed E-state index contributed by atoms with van der Waals surface area (Å²) in [4.78, 5) is 0. The third-order valence-electron chi connectivity index (χ3n) is 1.34. The zero-order valence-corrected chi connectivity index (χ0v) is 6.55. The lowest BCUT2D eigenvalue weighted by molar-refractivity contribution is 0.380. The summed E-state index contributed by atoms with van der Waals surface area (Å²) in [5.41, 5.74) is 0.582. The number of hydrogen-bond acceptors (Lipinski definition) is 1. The van der Waals surface area contributed by atoms with Gasteiger partial charge in [-0.05, 0) is 0 Å². The van der Waals surface area contributed by atoms with Crippen LogP contribution in [0.15, 0.2) is 0 Å². The van der Waals surface area contributed by atoms with E-state index in [0.29, 0.717) is 16.6 Å². The quantitative estimate of drug-likeness (QED) is 0.488. The highest BCUT2D eigenvalue weighted by Crippen LogP contribution is 2.32. The Bertz CT molecular complexity index is 82.5. The van der Waals surface area contributed by atoms with Crippen molar-refractivity contribution in [3.8, 4) is 0 Å². The first-order valence-corrected chi connectivity index (χ1v) is 4.35. The Balaban J connectivity index is 2.21. The second-order valence-corrected chi connectivity index (χ2v) is 4.85. The van der Waals surface area contributed by atoms with E-state index in [2.05, 4.69) is 13.8 Å². The SMILES string of the molecule is CO[S+]1CC(C)(C)C1. The van der Waals surface area contributed by atoms with Crippen LogP contribution < -0.4 is 0 Å². The average molecular weight is 133 g/mol. The van der Waals surface area contributed by atoms with Crippen LogP contribution >= 0.6 is 0 Å². The van der Waals surface area contributed by atoms with E-state index in [9.17, 15) is 0 Å². The molecule has 0 aromatic rings. The molecule has 0 saturated carbocycles. The van der Waals surface area contributed by atoms with Crippen LogP contribution in [0.1, 0.15) is 13.8 Å². The minimum atomic E-state index is 0.327. The van der Waals surface area contributed by atoms with Crippen LogP contribution in [0.3, 0.4) is 0 Å². The normalized spacial score (nSPS) is 27.4. The summed E-state index contributed by atoms with van der Waals surface area (Å²) in [5.74, 6) is 2.53. The average Bonchev–Trinajstić information content (AvgIpc) is 1.60. The van der Waals surface area contributed by atoms with E-state index in [0.717, 1.165) is 0 Å². The van der Waals surface area contributed by atoms with E-state index in [1.165, 1.54) is 11.5 Å². The van der Waals surface area contributed by atoms with Crippen LogP contribution in [0.5, 0.6) is 0 Å². The van der Waals surface area contributed by atoms with Crippen LogP contribution in [0.25, 0.3) is 0 Å². The Kier molecular flexibility index (Phi) is 1.54. The van der Waals surface area contributed by atoms with Crippen molar-refractivity contribution in [2.45, 2.75) is 13.8 Å². The molecule has 1 aliphatic rings. The smallest absolute Gasteiger partial charge is 0.151 e. The van der Waals surface area contributed by atoms with Gasteiger partial charge in [0.25, 0.3) is 0 Å². The summed E-state index contributed by atoms with van der Waals surface area (Å²) in [7, 11) is 1.80. The molecule has 0 N–H and O–H groups in total. The van der Waals surface area contributed by atoms with Crippen LogP contribution in [-0.2, 0) is 15.4 Å². The van der Waals surface area contributed by atoms with Crippen molar-refractivity contribution >= 4 is 11.2 Å². The maximum Gasteiger partial charge on any atom is 0.151 e. The monoisotopic (exact) mass is 133 g/mol. The van der Waals surface area contributed by atoms with Crippen molar-refractivity contribution in [1.29, 1.82) is 0 Å². The molecule has 0 aliphatic carbocycles. The van der Waals surface area contributed by atoms with Crippen LogP contribution in [-0.4, -0.2) is 18.6 Å². The van der Waals surface area contributed by atoms with Crippen LogP contribution in [0, 0.1) is 5.41 Å². The van der Waals surface area contributed by atoms with Gasteiger partial charge in [-0.15, -0.1) is 0 Å². The fourth-order valence-corrected chi connectivity index (χ4v) is 2.84. The third kappa shape index (κ3) is 1.17. The van der Waals surface area contributed by atoms with Crippen molar-refractivity contribution < 1.29 is 4.18 Å². The zero-order chi connectivity index (χ0) is 6.20. The molecule has 1 fully saturated rings. The van der Waals surface area contributed by atoms with E-state index in [1.807, 2.05) is 0 Å². The molecule has 2 heteroatoms. The van der Waals surface area contributed by atoms with Crippen LogP contribution in [0.2, 0.25) is 0 Å². The van der Waals surface area contributed by atoms with Crippen molar-refractivity contribution in [3.63, 3.8) is 0 Å². The molecule has 0 atom stereocenters. The van der Waals surface area contributed by atoms with E-state index in [1.54, 1.807) is 7.11 Å². The lowest BCUT2D eigenvalue weighted by Crippen LogP contribution is -2.44. The first kappa shape index (κ1) is 6.43. The lowest BCUT2D eigenvalue weighted by Gasteiger charge is -2.29. The van der Waals surface area contributed by atoms with Gasteiger partial charge in [0, 0.05) is 0 Å². The first-order chi connectivity index (χ1) is 3.64. The summed E-state index contributed by atoms with van der Waals surface area (Å²) in [6.07, 6.45) is 0. The Hall–Kier alpha value is 0.310. The van der Waals surface area contributed by atoms with Crippen molar-refractivity contribution in [2.24, 2.45) is 5.41 Å². The van der Waals surface area contributed by atoms with Gasteiger partial charge in [0.2, 0.25) is 0 Å².